The molecule has 1 heterocycles. The fourth-order valence-corrected chi connectivity index (χ4v) is 1.63. The molecule has 2 aromatic rings. The minimum Gasteiger partial charge on any atom is -0.326 e. The molecule has 0 atom stereocenters. The standard InChI is InChI=1S/C12H12F3N3/c1-8-7-18(2)11(16-8)17-10-5-3-4-9(6-10)12(13,14)15/h3-7H,1-2H3,(H,16,17). The summed E-state index contributed by atoms with van der Waals surface area (Å²) in [5.41, 5.74) is 0.476. The van der Waals surface area contributed by atoms with Crippen molar-refractivity contribution in [1.29, 1.82) is 0 Å². The van der Waals surface area contributed by atoms with Crippen LogP contribution in [0.4, 0.5) is 24.8 Å². The third-order valence-corrected chi connectivity index (χ3v) is 2.44. The molecule has 0 radical (unpaired) electrons. The molecule has 0 unspecified atom stereocenters. The molecular formula is C12H12F3N3. The van der Waals surface area contributed by atoms with Crippen molar-refractivity contribution in [2.45, 2.75) is 13.1 Å². The summed E-state index contributed by atoms with van der Waals surface area (Å²) in [6.07, 6.45) is -2.55. The van der Waals surface area contributed by atoms with Crippen molar-refractivity contribution in [2.24, 2.45) is 7.05 Å². The average Bonchev–Trinajstić information content (AvgIpc) is 2.56. The molecule has 0 aliphatic carbocycles. The Bertz CT molecular complexity index is 558. The normalized spacial score (nSPS) is 11.6. The maximum Gasteiger partial charge on any atom is 0.416 e. The van der Waals surface area contributed by atoms with Crippen LogP contribution in [0, 0.1) is 6.92 Å². The Kier molecular flexibility index (Phi) is 3.02. The van der Waals surface area contributed by atoms with Crippen molar-refractivity contribution < 1.29 is 13.2 Å². The number of imidazole rings is 1. The Balaban J connectivity index is 2.27. The second-order valence-electron chi connectivity index (χ2n) is 4.02. The Labute approximate surface area is 102 Å². The Morgan fingerprint density at radius 3 is 2.56 bits per heavy atom. The predicted octanol–water partition coefficient (Wildman–Crippen LogP) is 3.49. The number of hydrogen-bond donors (Lipinski definition) is 1. The van der Waals surface area contributed by atoms with Gasteiger partial charge in [-0.25, -0.2) is 4.98 Å². The summed E-state index contributed by atoms with van der Waals surface area (Å²) in [7, 11) is 1.77. The number of rotatable bonds is 2. The van der Waals surface area contributed by atoms with Gasteiger partial charge in [-0.15, -0.1) is 0 Å². The first-order chi connectivity index (χ1) is 8.36. The molecule has 0 spiro atoms. The summed E-state index contributed by atoms with van der Waals surface area (Å²) in [5.74, 6) is 0.506. The second-order valence-corrected chi connectivity index (χ2v) is 4.02. The maximum absolute atomic E-state index is 12.5. The molecule has 6 heteroatoms. The van der Waals surface area contributed by atoms with Crippen molar-refractivity contribution in [3.8, 4) is 0 Å². The van der Waals surface area contributed by atoms with E-state index in [9.17, 15) is 13.2 Å². The number of aromatic nitrogens is 2. The number of nitrogens with zero attached hydrogens (tertiary/aromatic N) is 2. The van der Waals surface area contributed by atoms with E-state index in [1.807, 2.05) is 6.92 Å². The predicted molar refractivity (Wildman–Crippen MR) is 62.7 cm³/mol. The van der Waals surface area contributed by atoms with Crippen molar-refractivity contribution in [2.75, 3.05) is 5.32 Å². The van der Waals surface area contributed by atoms with Gasteiger partial charge in [0.1, 0.15) is 0 Å². The average molecular weight is 255 g/mol. The number of aryl methyl sites for hydroxylation is 2. The first-order valence-corrected chi connectivity index (χ1v) is 5.30. The highest BCUT2D eigenvalue weighted by Crippen LogP contribution is 2.31. The topological polar surface area (TPSA) is 29.9 Å². The molecule has 1 N–H and O–H groups in total. The molecule has 1 aromatic heterocycles. The van der Waals surface area contributed by atoms with Gasteiger partial charge in [0.05, 0.1) is 11.3 Å². The van der Waals surface area contributed by atoms with Crippen LogP contribution >= 0.6 is 0 Å². The molecule has 0 amide bonds. The van der Waals surface area contributed by atoms with Gasteiger partial charge in [-0.2, -0.15) is 13.2 Å². The van der Waals surface area contributed by atoms with Crippen LogP contribution < -0.4 is 5.32 Å². The van der Waals surface area contributed by atoms with Gasteiger partial charge in [-0.05, 0) is 25.1 Å². The van der Waals surface area contributed by atoms with Crippen molar-refractivity contribution in [3.05, 3.63) is 41.7 Å². The lowest BCUT2D eigenvalue weighted by Gasteiger charge is -2.10. The van der Waals surface area contributed by atoms with Crippen LogP contribution in [-0.2, 0) is 13.2 Å². The third-order valence-electron chi connectivity index (χ3n) is 2.44. The molecule has 0 saturated heterocycles. The van der Waals surface area contributed by atoms with E-state index in [0.717, 1.165) is 17.8 Å². The van der Waals surface area contributed by atoms with E-state index >= 15 is 0 Å². The van der Waals surface area contributed by atoms with Crippen LogP contribution in [0.5, 0.6) is 0 Å². The van der Waals surface area contributed by atoms with Gasteiger partial charge in [0.15, 0.2) is 0 Å². The smallest absolute Gasteiger partial charge is 0.326 e. The van der Waals surface area contributed by atoms with Crippen LogP contribution in [0.3, 0.4) is 0 Å². The van der Waals surface area contributed by atoms with Crippen LogP contribution in [0.1, 0.15) is 11.3 Å². The summed E-state index contributed by atoms with van der Waals surface area (Å²) in [4.78, 5) is 4.17. The van der Waals surface area contributed by atoms with Crippen molar-refractivity contribution >= 4 is 11.6 Å². The van der Waals surface area contributed by atoms with Gasteiger partial charge < -0.3 is 9.88 Å². The van der Waals surface area contributed by atoms with E-state index in [1.54, 1.807) is 23.9 Å². The fourth-order valence-electron chi connectivity index (χ4n) is 1.63. The van der Waals surface area contributed by atoms with E-state index in [4.69, 9.17) is 0 Å². The summed E-state index contributed by atoms with van der Waals surface area (Å²) in [6, 6.07) is 5.03. The van der Waals surface area contributed by atoms with Crippen molar-refractivity contribution in [1.82, 2.24) is 9.55 Å². The van der Waals surface area contributed by atoms with Gasteiger partial charge in [0.2, 0.25) is 5.95 Å². The highest BCUT2D eigenvalue weighted by atomic mass is 19.4. The molecule has 96 valence electrons. The summed E-state index contributed by atoms with van der Waals surface area (Å²) in [6.45, 7) is 1.82. The maximum atomic E-state index is 12.5. The molecule has 3 nitrogen and oxygen atoms in total. The van der Waals surface area contributed by atoms with Crippen LogP contribution in [0.25, 0.3) is 0 Å². The molecule has 0 aliphatic heterocycles. The summed E-state index contributed by atoms with van der Waals surface area (Å²) < 4.78 is 39.3. The van der Waals surface area contributed by atoms with Crippen LogP contribution in [-0.4, -0.2) is 9.55 Å². The second kappa shape index (κ2) is 4.36. The summed E-state index contributed by atoms with van der Waals surface area (Å²) >= 11 is 0. The van der Waals surface area contributed by atoms with E-state index in [2.05, 4.69) is 10.3 Å². The minimum absolute atomic E-state index is 0.360. The number of hydrogen-bond acceptors (Lipinski definition) is 2. The quantitative estimate of drug-likeness (QED) is 0.890. The molecule has 0 fully saturated rings. The molecule has 18 heavy (non-hydrogen) atoms. The number of anilines is 2. The molecule has 0 bridgehead atoms. The Hall–Kier alpha value is -1.98. The van der Waals surface area contributed by atoms with Crippen LogP contribution in [0.2, 0.25) is 0 Å². The lowest BCUT2D eigenvalue weighted by molar-refractivity contribution is -0.137. The minimum atomic E-state index is -4.34. The first-order valence-electron chi connectivity index (χ1n) is 5.30. The van der Waals surface area contributed by atoms with E-state index in [-0.39, 0.29) is 0 Å². The SMILES string of the molecule is Cc1cn(C)c(Nc2cccc(C(F)(F)F)c2)n1. The van der Waals surface area contributed by atoms with E-state index in [1.165, 1.54) is 6.07 Å². The van der Waals surface area contributed by atoms with Gasteiger partial charge in [-0.3, -0.25) is 0 Å². The summed E-state index contributed by atoms with van der Waals surface area (Å²) in [5, 5.41) is 2.86. The lowest BCUT2D eigenvalue weighted by atomic mass is 10.2. The van der Waals surface area contributed by atoms with Gasteiger partial charge in [0.25, 0.3) is 0 Å². The highest BCUT2D eigenvalue weighted by Gasteiger charge is 2.30. The molecule has 0 saturated carbocycles. The molecule has 1 aromatic carbocycles. The zero-order chi connectivity index (χ0) is 13.3. The fraction of sp³-hybridized carbons (Fsp3) is 0.250. The monoisotopic (exact) mass is 255 g/mol. The number of nitrogens with one attached hydrogen (secondary N) is 1. The highest BCUT2D eigenvalue weighted by molar-refractivity contribution is 5.55. The largest absolute Gasteiger partial charge is 0.416 e. The van der Waals surface area contributed by atoms with E-state index < -0.39 is 11.7 Å². The molecule has 2 rings (SSSR count). The van der Waals surface area contributed by atoms with Gasteiger partial charge in [0, 0.05) is 18.9 Å². The third kappa shape index (κ3) is 2.64. The first kappa shape index (κ1) is 12.5. The van der Waals surface area contributed by atoms with Crippen LogP contribution in [0.15, 0.2) is 30.5 Å². The zero-order valence-electron chi connectivity index (χ0n) is 9.92. The van der Waals surface area contributed by atoms with Crippen molar-refractivity contribution in [3.63, 3.8) is 0 Å². The molecule has 0 aliphatic rings. The lowest BCUT2D eigenvalue weighted by Crippen LogP contribution is -2.06. The Morgan fingerprint density at radius 2 is 2.00 bits per heavy atom. The van der Waals surface area contributed by atoms with E-state index in [0.29, 0.717) is 11.6 Å². The zero-order valence-corrected chi connectivity index (χ0v) is 9.92. The molecular weight excluding hydrogens is 243 g/mol. The Morgan fingerprint density at radius 1 is 1.28 bits per heavy atom. The van der Waals surface area contributed by atoms with Gasteiger partial charge >= 0.3 is 6.18 Å². The number of alkyl halides is 3. The number of benzene rings is 1. The number of halogens is 3. The van der Waals surface area contributed by atoms with Gasteiger partial charge in [-0.1, -0.05) is 6.07 Å².